The summed E-state index contributed by atoms with van der Waals surface area (Å²) >= 11 is 1.70. The van der Waals surface area contributed by atoms with Crippen LogP contribution in [-0.2, 0) is 11.5 Å². The van der Waals surface area contributed by atoms with Gasteiger partial charge in [0, 0.05) is 11.3 Å². The summed E-state index contributed by atoms with van der Waals surface area (Å²) in [6.45, 7) is 0.531. The van der Waals surface area contributed by atoms with Gasteiger partial charge in [0.2, 0.25) is 25.3 Å². The second kappa shape index (κ2) is 6.45. The largest absolute Gasteiger partial charge is 0.454 e. The average Bonchev–Trinajstić information content (AvgIpc) is 3.40. The molecule has 0 saturated heterocycles. The Balaban J connectivity index is 1.22. The molecule has 0 N–H and O–H groups in total. The van der Waals surface area contributed by atoms with E-state index in [1.54, 1.807) is 11.8 Å². The molecule has 3 aromatic rings. The summed E-state index contributed by atoms with van der Waals surface area (Å²) in [6, 6.07) is 11.6. The molecule has 5 rings (SSSR count). The minimum absolute atomic E-state index is 0.243. The first-order valence-corrected chi connectivity index (χ1v) is 9.19. The van der Waals surface area contributed by atoms with Gasteiger partial charge in [0.15, 0.2) is 23.0 Å². The van der Waals surface area contributed by atoms with Crippen LogP contribution in [0.1, 0.15) is 11.5 Å². The molecule has 0 fully saturated rings. The summed E-state index contributed by atoms with van der Waals surface area (Å²) < 4.78 is 26.8. The quantitative estimate of drug-likeness (QED) is 0.674. The number of fused-ring (bicyclic) bond motifs is 2. The molecule has 0 atom stereocenters. The van der Waals surface area contributed by atoms with Crippen LogP contribution in [0, 0.1) is 0 Å². The highest BCUT2D eigenvalue weighted by Crippen LogP contribution is 2.36. The molecule has 0 unspecified atom stereocenters. The molecule has 0 saturated carbocycles. The van der Waals surface area contributed by atoms with Crippen molar-refractivity contribution in [2.75, 3.05) is 13.6 Å². The molecule has 3 heterocycles. The number of benzene rings is 2. The number of hydrogen-bond donors (Lipinski definition) is 0. The van der Waals surface area contributed by atoms with Crippen molar-refractivity contribution in [3.8, 4) is 34.4 Å². The highest BCUT2D eigenvalue weighted by molar-refractivity contribution is 7.97. The highest BCUT2D eigenvalue weighted by Gasteiger charge is 2.17. The Bertz CT molecular complexity index is 959. The van der Waals surface area contributed by atoms with E-state index in [1.807, 2.05) is 36.4 Å². The summed E-state index contributed by atoms with van der Waals surface area (Å²) in [5.41, 5.74) is 2.00. The first-order chi connectivity index (χ1) is 12.8. The molecule has 132 valence electrons. The minimum atomic E-state index is 0.243. The lowest BCUT2D eigenvalue weighted by atomic mass is 10.2. The molecule has 0 spiro atoms. The third kappa shape index (κ3) is 2.92. The number of rotatable bonds is 5. The Morgan fingerprint density at radius 1 is 0.808 bits per heavy atom. The van der Waals surface area contributed by atoms with Crippen LogP contribution >= 0.6 is 11.8 Å². The Labute approximate surface area is 153 Å². The number of thioether (sulfide) groups is 1. The van der Waals surface area contributed by atoms with E-state index in [9.17, 15) is 0 Å². The predicted molar refractivity (Wildman–Crippen MR) is 93.4 cm³/mol. The molecule has 2 aliphatic heterocycles. The van der Waals surface area contributed by atoms with E-state index in [-0.39, 0.29) is 13.6 Å². The summed E-state index contributed by atoms with van der Waals surface area (Å²) in [6.07, 6.45) is 0. The molecular formula is C18H14N2O5S. The van der Waals surface area contributed by atoms with Crippen molar-refractivity contribution in [1.82, 2.24) is 10.1 Å². The van der Waals surface area contributed by atoms with Gasteiger partial charge in [-0.2, -0.15) is 4.98 Å². The lowest BCUT2D eigenvalue weighted by molar-refractivity contribution is 0.173. The predicted octanol–water partition coefficient (Wildman–Crippen LogP) is 3.63. The van der Waals surface area contributed by atoms with E-state index in [4.69, 9.17) is 23.5 Å². The molecule has 7 nitrogen and oxygen atoms in total. The maximum Gasteiger partial charge on any atom is 0.236 e. The van der Waals surface area contributed by atoms with Crippen molar-refractivity contribution in [1.29, 1.82) is 0 Å². The number of ether oxygens (including phenoxy) is 4. The first-order valence-electron chi connectivity index (χ1n) is 8.04. The van der Waals surface area contributed by atoms with Gasteiger partial charge in [-0.05, 0) is 35.9 Å². The zero-order chi connectivity index (χ0) is 17.3. The van der Waals surface area contributed by atoms with Gasteiger partial charge in [0.1, 0.15) is 0 Å². The van der Waals surface area contributed by atoms with Gasteiger partial charge in [-0.3, -0.25) is 0 Å². The van der Waals surface area contributed by atoms with Gasteiger partial charge in [-0.15, -0.1) is 11.8 Å². The molecule has 0 amide bonds. The van der Waals surface area contributed by atoms with E-state index in [0.29, 0.717) is 23.2 Å². The van der Waals surface area contributed by atoms with Crippen molar-refractivity contribution in [3.63, 3.8) is 0 Å². The van der Waals surface area contributed by atoms with Crippen molar-refractivity contribution in [2.45, 2.75) is 11.5 Å². The van der Waals surface area contributed by atoms with Crippen LogP contribution < -0.4 is 18.9 Å². The van der Waals surface area contributed by atoms with Crippen LogP contribution in [0.2, 0.25) is 0 Å². The molecule has 0 aliphatic carbocycles. The SMILES string of the molecule is c1cc2c(cc1CSCc1nc(-c3ccc4c(c3)OCO4)no1)OCO2. The monoisotopic (exact) mass is 370 g/mol. The molecular weight excluding hydrogens is 356 g/mol. The molecule has 0 radical (unpaired) electrons. The zero-order valence-corrected chi connectivity index (χ0v) is 14.5. The van der Waals surface area contributed by atoms with Crippen LogP contribution in [0.3, 0.4) is 0 Å². The van der Waals surface area contributed by atoms with Crippen LogP contribution in [0.5, 0.6) is 23.0 Å². The smallest absolute Gasteiger partial charge is 0.236 e. The summed E-state index contributed by atoms with van der Waals surface area (Å²) in [5, 5.41) is 4.05. The van der Waals surface area contributed by atoms with Crippen LogP contribution in [0.25, 0.3) is 11.4 Å². The van der Waals surface area contributed by atoms with Crippen molar-refractivity contribution < 1.29 is 23.5 Å². The summed E-state index contributed by atoms with van der Waals surface area (Å²) in [5.74, 6) is 5.60. The van der Waals surface area contributed by atoms with Gasteiger partial charge in [0.05, 0.1) is 5.75 Å². The Hall–Kier alpha value is -2.87. The third-order valence-corrected chi connectivity index (χ3v) is 5.02. The van der Waals surface area contributed by atoms with E-state index in [2.05, 4.69) is 10.1 Å². The zero-order valence-electron chi connectivity index (χ0n) is 13.6. The second-order valence-corrected chi connectivity index (χ2v) is 6.75. The van der Waals surface area contributed by atoms with E-state index in [1.165, 1.54) is 0 Å². The number of nitrogens with zero attached hydrogens (tertiary/aromatic N) is 2. The highest BCUT2D eigenvalue weighted by atomic mass is 32.2. The van der Waals surface area contributed by atoms with Crippen LogP contribution in [0.4, 0.5) is 0 Å². The Kier molecular flexibility index (Phi) is 3.82. The third-order valence-electron chi connectivity index (χ3n) is 4.03. The fourth-order valence-electron chi connectivity index (χ4n) is 2.75. The van der Waals surface area contributed by atoms with Crippen molar-refractivity contribution in [3.05, 3.63) is 47.9 Å². The molecule has 8 heteroatoms. The van der Waals surface area contributed by atoms with Crippen molar-refractivity contribution in [2.24, 2.45) is 0 Å². The van der Waals surface area contributed by atoms with E-state index in [0.717, 1.165) is 34.1 Å². The lowest BCUT2D eigenvalue weighted by Gasteiger charge is -2.01. The Morgan fingerprint density at radius 3 is 2.38 bits per heavy atom. The molecule has 2 aliphatic rings. The molecule has 1 aromatic heterocycles. The van der Waals surface area contributed by atoms with Gasteiger partial charge in [-0.25, -0.2) is 0 Å². The lowest BCUT2D eigenvalue weighted by Crippen LogP contribution is -1.92. The summed E-state index contributed by atoms with van der Waals surface area (Å²) in [4.78, 5) is 4.46. The fourth-order valence-corrected chi connectivity index (χ4v) is 3.56. The van der Waals surface area contributed by atoms with E-state index < -0.39 is 0 Å². The fraction of sp³-hybridized carbons (Fsp3) is 0.222. The van der Waals surface area contributed by atoms with Gasteiger partial charge in [-0.1, -0.05) is 11.2 Å². The topological polar surface area (TPSA) is 75.8 Å². The number of hydrogen-bond acceptors (Lipinski definition) is 8. The Morgan fingerprint density at radius 2 is 1.54 bits per heavy atom. The summed E-state index contributed by atoms with van der Waals surface area (Å²) in [7, 11) is 0. The maximum absolute atomic E-state index is 5.40. The van der Waals surface area contributed by atoms with Gasteiger partial charge >= 0.3 is 0 Å². The molecule has 0 bridgehead atoms. The van der Waals surface area contributed by atoms with Gasteiger partial charge in [0.25, 0.3) is 0 Å². The van der Waals surface area contributed by atoms with Crippen LogP contribution in [-0.4, -0.2) is 23.7 Å². The van der Waals surface area contributed by atoms with E-state index >= 15 is 0 Å². The molecule has 2 aromatic carbocycles. The molecule has 26 heavy (non-hydrogen) atoms. The maximum atomic E-state index is 5.40. The minimum Gasteiger partial charge on any atom is -0.454 e. The average molecular weight is 370 g/mol. The second-order valence-electron chi connectivity index (χ2n) is 5.76. The normalized spacial score (nSPS) is 14.0. The van der Waals surface area contributed by atoms with Crippen molar-refractivity contribution >= 4 is 11.8 Å². The first kappa shape index (κ1) is 15.4. The van der Waals surface area contributed by atoms with Gasteiger partial charge < -0.3 is 23.5 Å². The van der Waals surface area contributed by atoms with Crippen LogP contribution in [0.15, 0.2) is 40.9 Å². The number of aromatic nitrogens is 2. The standard InChI is InChI=1S/C18H14N2O5S/c1-3-13-15(23-9-21-13)5-11(1)7-26-8-17-19-18(20-25-17)12-2-4-14-16(6-12)24-10-22-14/h1-6H,7-10H2.